The molecule has 0 spiro atoms. The molecule has 0 saturated heterocycles. The number of nitrogens with two attached hydrogens (primary N) is 1. The summed E-state index contributed by atoms with van der Waals surface area (Å²) in [5.74, 6) is 0. The number of aromatic nitrogens is 1. The van der Waals surface area contributed by atoms with Crippen molar-refractivity contribution in [1.29, 1.82) is 0 Å². The Hall–Kier alpha value is -0.680. The topological polar surface area (TPSA) is 50.9 Å². The number of nitrogens with zero attached hydrogens (tertiary/aromatic N) is 1. The highest BCUT2D eigenvalue weighted by Gasteiger charge is 2.08. The SMILES string of the molecule is Cc1csc(C(C)NC(N)=S)n1. The summed E-state index contributed by atoms with van der Waals surface area (Å²) in [4.78, 5) is 4.30. The summed E-state index contributed by atoms with van der Waals surface area (Å²) in [7, 11) is 0. The minimum atomic E-state index is 0.112. The van der Waals surface area contributed by atoms with Crippen LogP contribution in [0.3, 0.4) is 0 Å². The Balaban J connectivity index is 2.64. The molecule has 0 aliphatic carbocycles. The van der Waals surface area contributed by atoms with Gasteiger partial charge in [0.1, 0.15) is 5.01 Å². The standard InChI is InChI=1S/C7H11N3S2/c1-4-3-12-6(9-4)5(2)10-7(8)11/h3,5H,1-2H3,(H3,8,10,11). The molecule has 3 N–H and O–H groups in total. The summed E-state index contributed by atoms with van der Waals surface area (Å²) >= 11 is 6.33. The van der Waals surface area contributed by atoms with E-state index in [0.29, 0.717) is 5.11 Å². The van der Waals surface area contributed by atoms with Crippen LogP contribution in [0.25, 0.3) is 0 Å². The Morgan fingerprint density at radius 2 is 2.50 bits per heavy atom. The van der Waals surface area contributed by atoms with Crippen LogP contribution in [0.1, 0.15) is 23.7 Å². The van der Waals surface area contributed by atoms with Crippen molar-refractivity contribution in [2.75, 3.05) is 0 Å². The predicted molar refractivity (Wildman–Crippen MR) is 55.2 cm³/mol. The van der Waals surface area contributed by atoms with E-state index in [1.807, 2.05) is 19.2 Å². The van der Waals surface area contributed by atoms with Crippen LogP contribution in [-0.4, -0.2) is 10.1 Å². The third kappa shape index (κ3) is 2.42. The van der Waals surface area contributed by atoms with Crippen molar-refractivity contribution in [2.45, 2.75) is 19.9 Å². The van der Waals surface area contributed by atoms with E-state index in [1.165, 1.54) is 0 Å². The fraction of sp³-hybridized carbons (Fsp3) is 0.429. The molecule has 0 aliphatic rings. The summed E-state index contributed by atoms with van der Waals surface area (Å²) < 4.78 is 0. The molecule has 1 aromatic heterocycles. The molecular formula is C7H11N3S2. The monoisotopic (exact) mass is 201 g/mol. The Labute approximate surface area is 81.0 Å². The molecule has 1 heterocycles. The molecule has 0 radical (unpaired) electrons. The van der Waals surface area contributed by atoms with Gasteiger partial charge in [-0.3, -0.25) is 0 Å². The number of thiazole rings is 1. The number of hydrogen-bond donors (Lipinski definition) is 2. The molecule has 3 nitrogen and oxygen atoms in total. The molecule has 0 bridgehead atoms. The van der Waals surface area contributed by atoms with Crippen LogP contribution in [0.5, 0.6) is 0 Å². The van der Waals surface area contributed by atoms with Crippen molar-refractivity contribution in [3.63, 3.8) is 0 Å². The van der Waals surface area contributed by atoms with Crippen LogP contribution in [0.2, 0.25) is 0 Å². The molecule has 0 aromatic carbocycles. The van der Waals surface area contributed by atoms with Gasteiger partial charge in [0.05, 0.1) is 6.04 Å². The van der Waals surface area contributed by atoms with Gasteiger partial charge in [-0.15, -0.1) is 11.3 Å². The number of hydrogen-bond acceptors (Lipinski definition) is 3. The lowest BCUT2D eigenvalue weighted by atomic mass is 10.3. The molecule has 66 valence electrons. The van der Waals surface area contributed by atoms with Gasteiger partial charge in [-0.25, -0.2) is 4.98 Å². The van der Waals surface area contributed by atoms with E-state index >= 15 is 0 Å². The fourth-order valence-corrected chi connectivity index (χ4v) is 1.83. The Morgan fingerprint density at radius 1 is 1.83 bits per heavy atom. The van der Waals surface area contributed by atoms with Crippen LogP contribution < -0.4 is 11.1 Å². The molecule has 1 aromatic rings. The first-order chi connectivity index (χ1) is 5.59. The first-order valence-electron chi connectivity index (χ1n) is 3.57. The maximum Gasteiger partial charge on any atom is 0.164 e. The normalized spacial score (nSPS) is 12.5. The summed E-state index contributed by atoms with van der Waals surface area (Å²) in [6.07, 6.45) is 0. The van der Waals surface area contributed by atoms with E-state index in [2.05, 4.69) is 10.3 Å². The van der Waals surface area contributed by atoms with Gasteiger partial charge in [-0.05, 0) is 26.1 Å². The Morgan fingerprint density at radius 3 is 2.92 bits per heavy atom. The lowest BCUT2D eigenvalue weighted by molar-refractivity contribution is 0.710. The maximum atomic E-state index is 5.33. The molecule has 1 atom stereocenters. The van der Waals surface area contributed by atoms with Gasteiger partial charge in [0.15, 0.2) is 5.11 Å². The largest absolute Gasteiger partial charge is 0.376 e. The van der Waals surface area contributed by atoms with Crippen LogP contribution >= 0.6 is 23.6 Å². The molecule has 0 amide bonds. The van der Waals surface area contributed by atoms with E-state index in [-0.39, 0.29) is 6.04 Å². The van der Waals surface area contributed by atoms with E-state index in [9.17, 15) is 0 Å². The minimum absolute atomic E-state index is 0.112. The van der Waals surface area contributed by atoms with Crippen molar-refractivity contribution in [2.24, 2.45) is 5.73 Å². The molecule has 0 fully saturated rings. The first kappa shape index (κ1) is 9.41. The average Bonchev–Trinajstić information content (AvgIpc) is 2.34. The molecule has 5 heteroatoms. The average molecular weight is 201 g/mol. The zero-order chi connectivity index (χ0) is 9.14. The molecule has 12 heavy (non-hydrogen) atoms. The van der Waals surface area contributed by atoms with Crippen LogP contribution in [-0.2, 0) is 0 Å². The lowest BCUT2D eigenvalue weighted by Crippen LogP contribution is -2.31. The van der Waals surface area contributed by atoms with Gasteiger partial charge >= 0.3 is 0 Å². The van der Waals surface area contributed by atoms with Gasteiger partial charge < -0.3 is 11.1 Å². The lowest BCUT2D eigenvalue weighted by Gasteiger charge is -2.09. The van der Waals surface area contributed by atoms with E-state index in [1.54, 1.807) is 11.3 Å². The summed E-state index contributed by atoms with van der Waals surface area (Å²) in [5.41, 5.74) is 6.37. The smallest absolute Gasteiger partial charge is 0.164 e. The number of thiocarbonyl (C=S) groups is 1. The van der Waals surface area contributed by atoms with Crippen molar-refractivity contribution < 1.29 is 0 Å². The highest BCUT2D eigenvalue weighted by molar-refractivity contribution is 7.80. The van der Waals surface area contributed by atoms with Crippen molar-refractivity contribution in [3.05, 3.63) is 16.1 Å². The predicted octanol–water partition coefficient (Wildman–Crippen LogP) is 1.35. The van der Waals surface area contributed by atoms with Crippen molar-refractivity contribution in [3.8, 4) is 0 Å². The van der Waals surface area contributed by atoms with E-state index in [4.69, 9.17) is 18.0 Å². The first-order valence-corrected chi connectivity index (χ1v) is 4.86. The van der Waals surface area contributed by atoms with E-state index in [0.717, 1.165) is 10.7 Å². The van der Waals surface area contributed by atoms with Gasteiger partial charge in [0, 0.05) is 11.1 Å². The third-order valence-corrected chi connectivity index (χ3v) is 2.63. The zero-order valence-electron chi connectivity index (χ0n) is 7.00. The van der Waals surface area contributed by atoms with Crippen LogP contribution in [0.4, 0.5) is 0 Å². The summed E-state index contributed by atoms with van der Waals surface area (Å²) in [6.45, 7) is 3.95. The summed E-state index contributed by atoms with van der Waals surface area (Å²) in [6, 6.07) is 0.112. The maximum absolute atomic E-state index is 5.33. The van der Waals surface area contributed by atoms with Gasteiger partial charge in [0.2, 0.25) is 0 Å². The van der Waals surface area contributed by atoms with Gasteiger partial charge in [-0.1, -0.05) is 0 Å². The van der Waals surface area contributed by atoms with Crippen molar-refractivity contribution >= 4 is 28.7 Å². The summed E-state index contributed by atoms with van der Waals surface area (Å²) in [5, 5.41) is 6.27. The van der Waals surface area contributed by atoms with Gasteiger partial charge in [0.25, 0.3) is 0 Å². The highest BCUT2D eigenvalue weighted by Crippen LogP contribution is 2.16. The quantitative estimate of drug-likeness (QED) is 0.709. The zero-order valence-corrected chi connectivity index (χ0v) is 8.63. The fourth-order valence-electron chi connectivity index (χ4n) is 0.846. The van der Waals surface area contributed by atoms with Crippen LogP contribution in [0, 0.1) is 6.92 Å². The molecule has 0 saturated carbocycles. The van der Waals surface area contributed by atoms with Crippen LogP contribution in [0.15, 0.2) is 5.38 Å². The van der Waals surface area contributed by atoms with E-state index < -0.39 is 0 Å². The highest BCUT2D eigenvalue weighted by atomic mass is 32.1. The molecule has 1 unspecified atom stereocenters. The minimum Gasteiger partial charge on any atom is -0.376 e. The number of rotatable bonds is 2. The third-order valence-electron chi connectivity index (χ3n) is 1.37. The van der Waals surface area contributed by atoms with Gasteiger partial charge in [-0.2, -0.15) is 0 Å². The second kappa shape index (κ2) is 3.82. The second-order valence-electron chi connectivity index (χ2n) is 2.56. The second-order valence-corrected chi connectivity index (χ2v) is 3.89. The number of nitrogens with one attached hydrogen (secondary N) is 1. The van der Waals surface area contributed by atoms with Crippen molar-refractivity contribution in [1.82, 2.24) is 10.3 Å². The Bertz CT molecular complexity index is 282. The molecule has 1 rings (SSSR count). The Kier molecular flexibility index (Phi) is 2.99. The number of aryl methyl sites for hydroxylation is 1. The molecular weight excluding hydrogens is 190 g/mol. The molecule has 0 aliphatic heterocycles.